The first kappa shape index (κ1) is 16.2. The van der Waals surface area contributed by atoms with E-state index in [1.54, 1.807) is 32.2 Å². The SMILES string of the molecule is CN=C(NCc1scnc1C)N1CCS(=O)(=O)C(C)(C)C1. The molecule has 2 rings (SSSR count). The van der Waals surface area contributed by atoms with E-state index in [4.69, 9.17) is 0 Å². The van der Waals surface area contributed by atoms with Gasteiger partial charge in [-0.3, -0.25) is 4.99 Å². The summed E-state index contributed by atoms with van der Waals surface area (Å²) in [4.78, 5) is 11.7. The normalized spacial score (nSPS) is 21.3. The van der Waals surface area contributed by atoms with Gasteiger partial charge in [0.1, 0.15) is 0 Å². The van der Waals surface area contributed by atoms with Gasteiger partial charge < -0.3 is 10.2 Å². The maximum atomic E-state index is 12.1. The van der Waals surface area contributed by atoms with Crippen LogP contribution in [-0.2, 0) is 16.4 Å². The Labute approximate surface area is 130 Å². The van der Waals surface area contributed by atoms with Gasteiger partial charge in [-0.15, -0.1) is 11.3 Å². The number of hydrogen-bond donors (Lipinski definition) is 1. The van der Waals surface area contributed by atoms with Crippen LogP contribution in [0.3, 0.4) is 0 Å². The number of nitrogens with zero attached hydrogens (tertiary/aromatic N) is 3. The first-order valence-electron chi connectivity index (χ1n) is 6.84. The van der Waals surface area contributed by atoms with Crippen LogP contribution in [0.15, 0.2) is 10.5 Å². The molecular weight excluding hydrogens is 308 g/mol. The fourth-order valence-corrected chi connectivity index (χ4v) is 4.39. The monoisotopic (exact) mass is 330 g/mol. The number of aryl methyl sites for hydroxylation is 1. The van der Waals surface area contributed by atoms with Crippen molar-refractivity contribution in [2.75, 3.05) is 25.9 Å². The lowest BCUT2D eigenvalue weighted by molar-refractivity contribution is 0.353. The minimum Gasteiger partial charge on any atom is -0.351 e. The Hall–Kier alpha value is -1.15. The number of guanidine groups is 1. The van der Waals surface area contributed by atoms with Crippen molar-refractivity contribution in [2.24, 2.45) is 4.99 Å². The lowest BCUT2D eigenvalue weighted by Crippen LogP contribution is -2.57. The molecule has 21 heavy (non-hydrogen) atoms. The molecule has 0 saturated carbocycles. The van der Waals surface area contributed by atoms with Crippen LogP contribution >= 0.6 is 11.3 Å². The molecule has 1 aromatic rings. The van der Waals surface area contributed by atoms with Gasteiger partial charge in [-0.25, -0.2) is 13.4 Å². The molecule has 0 atom stereocenters. The predicted molar refractivity (Wildman–Crippen MR) is 86.5 cm³/mol. The molecule has 6 nitrogen and oxygen atoms in total. The summed E-state index contributed by atoms with van der Waals surface area (Å²) in [5.41, 5.74) is 2.84. The number of hydrogen-bond acceptors (Lipinski definition) is 5. The Kier molecular flexibility index (Phi) is 4.57. The average molecular weight is 330 g/mol. The summed E-state index contributed by atoms with van der Waals surface area (Å²) in [6, 6.07) is 0. The molecule has 0 radical (unpaired) electrons. The summed E-state index contributed by atoms with van der Waals surface area (Å²) in [6.45, 7) is 7.12. The van der Waals surface area contributed by atoms with E-state index in [0.717, 1.165) is 11.7 Å². The molecule has 0 unspecified atom stereocenters. The molecule has 1 aliphatic heterocycles. The molecule has 1 N–H and O–H groups in total. The largest absolute Gasteiger partial charge is 0.351 e. The molecule has 8 heteroatoms. The van der Waals surface area contributed by atoms with Gasteiger partial charge in [-0.1, -0.05) is 0 Å². The third kappa shape index (κ3) is 3.37. The topological polar surface area (TPSA) is 74.7 Å². The number of aromatic nitrogens is 1. The predicted octanol–water partition coefficient (Wildman–Crippen LogP) is 1.04. The fraction of sp³-hybridized carbons (Fsp3) is 0.692. The molecule has 118 valence electrons. The van der Waals surface area contributed by atoms with Gasteiger partial charge in [-0.2, -0.15) is 0 Å². The van der Waals surface area contributed by atoms with E-state index in [0.29, 0.717) is 19.6 Å². The zero-order valence-corrected chi connectivity index (χ0v) is 14.5. The second kappa shape index (κ2) is 5.92. The third-order valence-electron chi connectivity index (χ3n) is 3.81. The maximum Gasteiger partial charge on any atom is 0.194 e. The highest BCUT2D eigenvalue weighted by molar-refractivity contribution is 7.92. The Morgan fingerprint density at radius 1 is 1.57 bits per heavy atom. The van der Waals surface area contributed by atoms with Crippen LogP contribution < -0.4 is 5.32 Å². The maximum absolute atomic E-state index is 12.1. The summed E-state index contributed by atoms with van der Waals surface area (Å²) in [7, 11) is -1.31. The number of rotatable bonds is 2. The third-order valence-corrected chi connectivity index (χ3v) is 7.27. The lowest BCUT2D eigenvalue weighted by Gasteiger charge is -2.39. The highest BCUT2D eigenvalue weighted by atomic mass is 32.2. The van der Waals surface area contributed by atoms with Gasteiger partial charge in [0.05, 0.1) is 28.2 Å². The Balaban J connectivity index is 2.04. The van der Waals surface area contributed by atoms with Crippen LogP contribution in [0.4, 0.5) is 0 Å². The van der Waals surface area contributed by atoms with Crippen molar-refractivity contribution in [1.29, 1.82) is 0 Å². The van der Waals surface area contributed by atoms with Crippen LogP contribution in [-0.4, -0.2) is 54.9 Å². The molecular formula is C13H22N4O2S2. The molecule has 0 amide bonds. The lowest BCUT2D eigenvalue weighted by atomic mass is 10.2. The van der Waals surface area contributed by atoms with Crippen LogP contribution in [0.1, 0.15) is 24.4 Å². The minimum absolute atomic E-state index is 0.167. The second-order valence-corrected chi connectivity index (χ2v) is 9.44. The zero-order valence-electron chi connectivity index (χ0n) is 12.9. The number of aliphatic imine (C=N–C) groups is 1. The van der Waals surface area contributed by atoms with Gasteiger partial charge in [-0.05, 0) is 20.8 Å². The van der Waals surface area contributed by atoms with Gasteiger partial charge in [0.2, 0.25) is 0 Å². The molecule has 0 spiro atoms. The summed E-state index contributed by atoms with van der Waals surface area (Å²) >= 11 is 1.61. The van der Waals surface area contributed by atoms with Crippen molar-refractivity contribution < 1.29 is 8.42 Å². The summed E-state index contributed by atoms with van der Waals surface area (Å²) < 4.78 is 23.4. The van der Waals surface area contributed by atoms with Crippen molar-refractivity contribution in [2.45, 2.75) is 32.1 Å². The van der Waals surface area contributed by atoms with Crippen molar-refractivity contribution in [3.05, 3.63) is 16.1 Å². The molecule has 1 saturated heterocycles. The number of thiazole rings is 1. The average Bonchev–Trinajstić information content (AvgIpc) is 2.80. The van der Waals surface area contributed by atoms with Crippen LogP contribution in [0.2, 0.25) is 0 Å². The quantitative estimate of drug-likeness (QED) is 0.648. The van der Waals surface area contributed by atoms with Crippen molar-refractivity contribution in [3.8, 4) is 0 Å². The fourth-order valence-electron chi connectivity index (χ4n) is 2.31. The van der Waals surface area contributed by atoms with E-state index in [9.17, 15) is 8.42 Å². The highest BCUT2D eigenvalue weighted by Gasteiger charge is 2.40. The molecule has 1 fully saturated rings. The van der Waals surface area contributed by atoms with E-state index in [1.807, 2.05) is 17.3 Å². The highest BCUT2D eigenvalue weighted by Crippen LogP contribution is 2.23. The van der Waals surface area contributed by atoms with Gasteiger partial charge >= 0.3 is 0 Å². The smallest absolute Gasteiger partial charge is 0.194 e. The zero-order chi connectivity index (χ0) is 15.7. The van der Waals surface area contributed by atoms with Crippen LogP contribution in [0.25, 0.3) is 0 Å². The summed E-state index contributed by atoms with van der Waals surface area (Å²) in [5, 5.41) is 3.30. The second-order valence-electron chi connectivity index (χ2n) is 5.76. The molecule has 1 aliphatic rings. The Bertz CT molecular complexity index is 634. The van der Waals surface area contributed by atoms with Gasteiger partial charge in [0, 0.05) is 25.0 Å². The molecule has 2 heterocycles. The number of nitrogens with one attached hydrogen (secondary N) is 1. The standard InChI is InChI=1S/C13H22N4O2S2/c1-10-11(20-9-16-10)7-15-12(14-4)17-5-6-21(18,19)13(2,3)8-17/h9H,5-8H2,1-4H3,(H,14,15). The van der Waals surface area contributed by atoms with E-state index in [-0.39, 0.29) is 5.75 Å². The molecule has 0 aliphatic carbocycles. The molecule has 0 aromatic carbocycles. The van der Waals surface area contributed by atoms with E-state index in [1.165, 1.54) is 4.88 Å². The van der Waals surface area contributed by atoms with Crippen molar-refractivity contribution >= 4 is 27.1 Å². The number of sulfone groups is 1. The van der Waals surface area contributed by atoms with E-state index >= 15 is 0 Å². The molecule has 1 aromatic heterocycles. The van der Waals surface area contributed by atoms with Crippen LogP contribution in [0, 0.1) is 6.92 Å². The summed E-state index contributed by atoms with van der Waals surface area (Å²) in [5.74, 6) is 0.908. The summed E-state index contributed by atoms with van der Waals surface area (Å²) in [6.07, 6.45) is 0. The Morgan fingerprint density at radius 2 is 2.29 bits per heavy atom. The van der Waals surface area contributed by atoms with Gasteiger partial charge in [0.25, 0.3) is 0 Å². The molecule has 0 bridgehead atoms. The first-order valence-corrected chi connectivity index (χ1v) is 9.37. The van der Waals surface area contributed by atoms with Crippen molar-refractivity contribution in [3.63, 3.8) is 0 Å². The van der Waals surface area contributed by atoms with Gasteiger partial charge in [0.15, 0.2) is 15.8 Å². The van der Waals surface area contributed by atoms with Crippen LogP contribution in [0.5, 0.6) is 0 Å². The van der Waals surface area contributed by atoms with E-state index < -0.39 is 14.6 Å². The minimum atomic E-state index is -3.03. The van der Waals surface area contributed by atoms with Crippen molar-refractivity contribution in [1.82, 2.24) is 15.2 Å². The first-order chi connectivity index (χ1) is 9.77. The Morgan fingerprint density at radius 3 is 2.81 bits per heavy atom. The van der Waals surface area contributed by atoms with E-state index in [2.05, 4.69) is 15.3 Å².